The van der Waals surface area contributed by atoms with Crippen LogP contribution < -0.4 is 5.32 Å². The van der Waals surface area contributed by atoms with Crippen LogP contribution in [0.15, 0.2) is 36.4 Å². The van der Waals surface area contributed by atoms with Crippen LogP contribution in [0.25, 0.3) is 0 Å². The van der Waals surface area contributed by atoms with Crippen LogP contribution >= 0.6 is 0 Å². The van der Waals surface area contributed by atoms with Crippen LogP contribution in [0.3, 0.4) is 0 Å². The van der Waals surface area contributed by atoms with E-state index in [0.29, 0.717) is 6.42 Å². The van der Waals surface area contributed by atoms with E-state index >= 15 is 0 Å². The van der Waals surface area contributed by atoms with E-state index in [2.05, 4.69) is 15.5 Å². The number of anilines is 1. The third-order valence-electron chi connectivity index (χ3n) is 2.80. The molecule has 2 rings (SSSR count). The van der Waals surface area contributed by atoms with Crippen molar-refractivity contribution in [2.45, 2.75) is 25.6 Å². The Morgan fingerprint density at radius 2 is 1.71 bits per heavy atom. The smallest absolute Gasteiger partial charge is 0.366 e. The Labute approximate surface area is 119 Å². The van der Waals surface area contributed by atoms with Gasteiger partial charge in [0, 0.05) is 6.04 Å². The fourth-order valence-electron chi connectivity index (χ4n) is 1.84. The Balaban J connectivity index is 1.96. The van der Waals surface area contributed by atoms with Crippen LogP contribution in [0.2, 0.25) is 0 Å². The third-order valence-corrected chi connectivity index (χ3v) is 2.80. The van der Waals surface area contributed by atoms with Gasteiger partial charge in [-0.1, -0.05) is 12.1 Å². The maximum absolute atomic E-state index is 12.8. The fraction of sp³-hybridized carbons (Fsp3) is 0.286. The molecule has 0 aliphatic heterocycles. The highest BCUT2D eigenvalue weighted by Gasteiger charge is 2.32. The lowest BCUT2D eigenvalue weighted by Crippen LogP contribution is -2.19. The lowest BCUT2D eigenvalue weighted by molar-refractivity contribution is -0.141. The molecule has 0 amide bonds. The molecular formula is C14H13F4N3. The summed E-state index contributed by atoms with van der Waals surface area (Å²) >= 11 is 0. The van der Waals surface area contributed by atoms with E-state index in [1.54, 1.807) is 12.1 Å². The first-order valence-corrected chi connectivity index (χ1v) is 6.26. The average Bonchev–Trinajstić information content (AvgIpc) is 2.41. The molecule has 21 heavy (non-hydrogen) atoms. The quantitative estimate of drug-likeness (QED) is 0.875. The minimum Gasteiger partial charge on any atom is -0.366 e. The van der Waals surface area contributed by atoms with Crippen LogP contribution in [0, 0.1) is 5.82 Å². The van der Waals surface area contributed by atoms with Gasteiger partial charge >= 0.3 is 6.18 Å². The highest BCUT2D eigenvalue weighted by atomic mass is 19.4. The Morgan fingerprint density at radius 1 is 1.05 bits per heavy atom. The summed E-state index contributed by atoms with van der Waals surface area (Å²) in [6, 6.07) is 8.07. The first-order chi connectivity index (χ1) is 9.84. The van der Waals surface area contributed by atoms with E-state index in [-0.39, 0.29) is 17.7 Å². The van der Waals surface area contributed by atoms with Crippen LogP contribution in [0.4, 0.5) is 23.4 Å². The molecule has 1 aromatic heterocycles. The molecule has 0 aliphatic carbocycles. The monoisotopic (exact) mass is 299 g/mol. The van der Waals surface area contributed by atoms with Crippen molar-refractivity contribution in [3.63, 3.8) is 0 Å². The van der Waals surface area contributed by atoms with E-state index in [9.17, 15) is 17.6 Å². The van der Waals surface area contributed by atoms with E-state index < -0.39 is 11.9 Å². The molecule has 0 radical (unpaired) electrons. The third kappa shape index (κ3) is 4.40. The second-order valence-electron chi connectivity index (χ2n) is 4.68. The lowest BCUT2D eigenvalue weighted by Gasteiger charge is -2.14. The molecule has 3 nitrogen and oxygen atoms in total. The van der Waals surface area contributed by atoms with Crippen LogP contribution in [-0.4, -0.2) is 16.2 Å². The number of hydrogen-bond acceptors (Lipinski definition) is 3. The van der Waals surface area contributed by atoms with E-state index in [1.807, 2.05) is 6.92 Å². The molecule has 1 aromatic carbocycles. The van der Waals surface area contributed by atoms with Crippen molar-refractivity contribution >= 4 is 5.82 Å². The van der Waals surface area contributed by atoms with Gasteiger partial charge in [-0.3, -0.25) is 0 Å². The highest BCUT2D eigenvalue weighted by molar-refractivity contribution is 5.35. The van der Waals surface area contributed by atoms with E-state index in [0.717, 1.165) is 11.6 Å². The minimum atomic E-state index is -4.49. The zero-order chi connectivity index (χ0) is 15.5. The SMILES string of the molecule is CC(Cc1ccc(F)cc1)Nc1ccc(C(F)(F)F)nn1. The van der Waals surface area contributed by atoms with Gasteiger partial charge in [-0.15, -0.1) is 10.2 Å². The van der Waals surface area contributed by atoms with Gasteiger partial charge in [0.15, 0.2) is 5.69 Å². The number of alkyl halides is 3. The summed E-state index contributed by atoms with van der Waals surface area (Å²) in [6.07, 6.45) is -3.91. The molecule has 0 saturated carbocycles. The normalized spacial score (nSPS) is 13.0. The molecule has 112 valence electrons. The van der Waals surface area contributed by atoms with Crippen molar-refractivity contribution in [3.05, 3.63) is 53.5 Å². The van der Waals surface area contributed by atoms with E-state index in [1.165, 1.54) is 18.2 Å². The summed E-state index contributed by atoms with van der Waals surface area (Å²) in [4.78, 5) is 0. The first kappa shape index (κ1) is 15.2. The Kier molecular flexibility index (Phi) is 4.40. The molecule has 0 fully saturated rings. The number of halogens is 4. The molecule has 0 saturated heterocycles. The largest absolute Gasteiger partial charge is 0.435 e. The van der Waals surface area contributed by atoms with Crippen LogP contribution in [0.1, 0.15) is 18.2 Å². The molecule has 7 heteroatoms. The molecule has 2 aromatic rings. The highest BCUT2D eigenvalue weighted by Crippen LogP contribution is 2.27. The Hall–Kier alpha value is -2.18. The summed E-state index contributed by atoms with van der Waals surface area (Å²) < 4.78 is 49.8. The molecule has 0 spiro atoms. The minimum absolute atomic E-state index is 0.0819. The maximum Gasteiger partial charge on any atom is 0.435 e. The van der Waals surface area contributed by atoms with Crippen molar-refractivity contribution < 1.29 is 17.6 Å². The van der Waals surface area contributed by atoms with Crippen molar-refractivity contribution in [1.82, 2.24) is 10.2 Å². The molecule has 0 bridgehead atoms. The second-order valence-corrected chi connectivity index (χ2v) is 4.68. The first-order valence-electron chi connectivity index (χ1n) is 6.26. The molecule has 1 heterocycles. The summed E-state index contributed by atoms with van der Waals surface area (Å²) in [6.45, 7) is 1.85. The van der Waals surface area contributed by atoms with Gasteiger partial charge in [0.2, 0.25) is 0 Å². The summed E-state index contributed by atoms with van der Waals surface area (Å²) in [5.41, 5.74) is -0.115. The number of aromatic nitrogens is 2. The standard InChI is InChI=1S/C14H13F4N3/c1-9(8-10-2-4-11(15)5-3-10)19-13-7-6-12(20-21-13)14(16,17)18/h2-7,9H,8H2,1H3,(H,19,21). The average molecular weight is 299 g/mol. The number of nitrogens with one attached hydrogen (secondary N) is 1. The Morgan fingerprint density at radius 3 is 2.24 bits per heavy atom. The van der Waals surface area contributed by atoms with Gasteiger partial charge in [-0.05, 0) is 43.2 Å². The number of nitrogens with zero attached hydrogens (tertiary/aromatic N) is 2. The molecule has 1 unspecified atom stereocenters. The van der Waals surface area contributed by atoms with Gasteiger partial charge in [0.1, 0.15) is 11.6 Å². The van der Waals surface area contributed by atoms with Crippen molar-refractivity contribution in [3.8, 4) is 0 Å². The maximum atomic E-state index is 12.8. The fourth-order valence-corrected chi connectivity index (χ4v) is 1.84. The van der Waals surface area contributed by atoms with Gasteiger partial charge in [-0.2, -0.15) is 13.2 Å². The topological polar surface area (TPSA) is 37.8 Å². The van der Waals surface area contributed by atoms with Gasteiger partial charge in [0.05, 0.1) is 0 Å². The summed E-state index contributed by atoms with van der Waals surface area (Å²) in [5.74, 6) is -0.0504. The molecule has 1 atom stereocenters. The Bertz CT molecular complexity index is 579. The summed E-state index contributed by atoms with van der Waals surface area (Å²) in [7, 11) is 0. The second kappa shape index (κ2) is 6.07. The predicted molar refractivity (Wildman–Crippen MR) is 70.2 cm³/mol. The lowest BCUT2D eigenvalue weighted by atomic mass is 10.1. The number of rotatable bonds is 4. The van der Waals surface area contributed by atoms with Crippen LogP contribution in [0.5, 0.6) is 0 Å². The summed E-state index contributed by atoms with van der Waals surface area (Å²) in [5, 5.41) is 9.58. The molecular weight excluding hydrogens is 286 g/mol. The number of hydrogen-bond donors (Lipinski definition) is 1. The molecule has 0 aliphatic rings. The predicted octanol–water partition coefficient (Wildman–Crippen LogP) is 3.68. The van der Waals surface area contributed by atoms with Crippen molar-refractivity contribution in [1.29, 1.82) is 0 Å². The van der Waals surface area contributed by atoms with Crippen molar-refractivity contribution in [2.24, 2.45) is 0 Å². The van der Waals surface area contributed by atoms with Gasteiger partial charge in [0.25, 0.3) is 0 Å². The zero-order valence-corrected chi connectivity index (χ0v) is 11.2. The zero-order valence-electron chi connectivity index (χ0n) is 11.2. The number of benzene rings is 1. The van der Waals surface area contributed by atoms with Crippen LogP contribution in [-0.2, 0) is 12.6 Å². The van der Waals surface area contributed by atoms with Gasteiger partial charge < -0.3 is 5.32 Å². The van der Waals surface area contributed by atoms with E-state index in [4.69, 9.17) is 0 Å². The molecule has 1 N–H and O–H groups in total. The van der Waals surface area contributed by atoms with Gasteiger partial charge in [-0.25, -0.2) is 4.39 Å². The van der Waals surface area contributed by atoms with Crippen molar-refractivity contribution in [2.75, 3.05) is 5.32 Å².